The van der Waals surface area contributed by atoms with Gasteiger partial charge in [0.1, 0.15) is 0 Å². The van der Waals surface area contributed by atoms with Crippen molar-refractivity contribution in [1.82, 2.24) is 0 Å². The van der Waals surface area contributed by atoms with E-state index in [9.17, 15) is 4.79 Å². The molecule has 0 saturated heterocycles. The van der Waals surface area contributed by atoms with Crippen molar-refractivity contribution < 1.29 is 19.0 Å². The van der Waals surface area contributed by atoms with E-state index >= 15 is 0 Å². The van der Waals surface area contributed by atoms with E-state index in [1.807, 2.05) is 48.2 Å². The number of anilines is 1. The summed E-state index contributed by atoms with van der Waals surface area (Å²) in [5.41, 5.74) is 3.05. The molecule has 5 nitrogen and oxygen atoms in total. The van der Waals surface area contributed by atoms with Crippen LogP contribution in [0.5, 0.6) is 17.2 Å². The van der Waals surface area contributed by atoms with Crippen LogP contribution in [-0.2, 0) is 11.2 Å². The maximum absolute atomic E-state index is 12.9. The molecule has 1 heterocycles. The van der Waals surface area contributed by atoms with Crippen LogP contribution >= 0.6 is 0 Å². The van der Waals surface area contributed by atoms with E-state index in [1.165, 1.54) is 0 Å². The van der Waals surface area contributed by atoms with Gasteiger partial charge < -0.3 is 19.1 Å². The van der Waals surface area contributed by atoms with Crippen molar-refractivity contribution in [2.75, 3.05) is 32.8 Å². The lowest BCUT2D eigenvalue weighted by molar-refractivity contribution is -0.119. The highest BCUT2D eigenvalue weighted by Crippen LogP contribution is 2.42. The summed E-state index contributed by atoms with van der Waals surface area (Å²) in [6, 6.07) is 11.8. The predicted octanol–water partition coefficient (Wildman–Crippen LogP) is 3.41. The van der Waals surface area contributed by atoms with Crippen LogP contribution in [0.2, 0.25) is 0 Å². The minimum Gasteiger partial charge on any atom is -0.493 e. The summed E-state index contributed by atoms with van der Waals surface area (Å²) < 4.78 is 16.2. The van der Waals surface area contributed by atoms with Crippen molar-refractivity contribution in [2.45, 2.75) is 19.3 Å². The number of carbonyl (C=O) groups excluding carboxylic acids is 1. The third kappa shape index (κ3) is 2.90. The number of likely N-dealkylation sites (N-methyl/N-ethyl adjacent to an activating group) is 1. The molecule has 25 heavy (non-hydrogen) atoms. The standard InChI is InChI=1S/C20H23NO4/c1-5-21-16-9-7-6-8-14(16)15(20(21)22)10-13-11-17(23-2)19(25-4)18(12-13)24-3/h6-9,11-12,15H,5,10H2,1-4H3. The molecule has 0 bridgehead atoms. The van der Waals surface area contributed by atoms with Gasteiger partial charge in [0.2, 0.25) is 11.7 Å². The Labute approximate surface area is 148 Å². The first-order valence-electron chi connectivity index (χ1n) is 8.33. The van der Waals surface area contributed by atoms with Crippen LogP contribution in [0.15, 0.2) is 36.4 Å². The fourth-order valence-electron chi connectivity index (χ4n) is 3.48. The first-order valence-corrected chi connectivity index (χ1v) is 8.33. The molecule has 1 unspecified atom stereocenters. The number of fused-ring (bicyclic) bond motifs is 1. The molecule has 0 N–H and O–H groups in total. The van der Waals surface area contributed by atoms with Crippen molar-refractivity contribution in [3.8, 4) is 17.2 Å². The summed E-state index contributed by atoms with van der Waals surface area (Å²) in [5.74, 6) is 1.70. The molecule has 132 valence electrons. The van der Waals surface area contributed by atoms with Crippen LogP contribution in [0.1, 0.15) is 24.0 Å². The number of hydrogen-bond donors (Lipinski definition) is 0. The molecule has 0 spiro atoms. The summed E-state index contributed by atoms with van der Waals surface area (Å²) in [7, 11) is 4.77. The molecule has 2 aromatic carbocycles. The van der Waals surface area contributed by atoms with E-state index in [4.69, 9.17) is 14.2 Å². The van der Waals surface area contributed by atoms with Gasteiger partial charge in [0, 0.05) is 12.2 Å². The molecule has 0 aliphatic carbocycles. The molecule has 0 saturated carbocycles. The second-order valence-electron chi connectivity index (χ2n) is 5.93. The third-order valence-electron chi connectivity index (χ3n) is 4.65. The van der Waals surface area contributed by atoms with Crippen molar-refractivity contribution in [2.24, 2.45) is 0 Å². The number of hydrogen-bond acceptors (Lipinski definition) is 4. The Bertz CT molecular complexity index is 762. The number of ether oxygens (including phenoxy) is 3. The Hall–Kier alpha value is -2.69. The summed E-state index contributed by atoms with van der Waals surface area (Å²) in [6.07, 6.45) is 0.586. The van der Waals surface area contributed by atoms with E-state index in [-0.39, 0.29) is 11.8 Å². The molecule has 2 aromatic rings. The molecule has 0 fully saturated rings. The normalized spacial score (nSPS) is 15.9. The number of rotatable bonds is 6. The monoisotopic (exact) mass is 341 g/mol. The lowest BCUT2D eigenvalue weighted by atomic mass is 9.93. The summed E-state index contributed by atoms with van der Waals surface area (Å²) in [6.45, 7) is 2.66. The molecule has 0 radical (unpaired) electrons. The lowest BCUT2D eigenvalue weighted by Gasteiger charge is -2.17. The Morgan fingerprint density at radius 2 is 1.64 bits per heavy atom. The second kappa shape index (κ2) is 7.05. The van der Waals surface area contributed by atoms with E-state index in [0.29, 0.717) is 30.2 Å². The third-order valence-corrected chi connectivity index (χ3v) is 4.65. The maximum Gasteiger partial charge on any atom is 0.234 e. The van der Waals surface area contributed by atoms with E-state index in [2.05, 4.69) is 0 Å². The predicted molar refractivity (Wildman–Crippen MR) is 97.0 cm³/mol. The van der Waals surface area contributed by atoms with Gasteiger partial charge in [-0.1, -0.05) is 18.2 Å². The largest absolute Gasteiger partial charge is 0.493 e. The molecule has 1 aliphatic heterocycles. The maximum atomic E-state index is 12.9. The van der Waals surface area contributed by atoms with E-state index in [1.54, 1.807) is 21.3 Å². The minimum absolute atomic E-state index is 0.137. The average Bonchev–Trinajstić information content (AvgIpc) is 2.92. The first kappa shape index (κ1) is 17.1. The number of methoxy groups -OCH3 is 3. The summed E-state index contributed by atoms with van der Waals surface area (Å²) in [5, 5.41) is 0. The molecule has 1 amide bonds. The van der Waals surface area contributed by atoms with Gasteiger partial charge in [-0.05, 0) is 42.7 Å². The van der Waals surface area contributed by atoms with Gasteiger partial charge in [-0.3, -0.25) is 4.79 Å². The van der Waals surface area contributed by atoms with Crippen LogP contribution in [0, 0.1) is 0 Å². The number of amides is 1. The fraction of sp³-hybridized carbons (Fsp3) is 0.350. The molecule has 3 rings (SSSR count). The van der Waals surface area contributed by atoms with Gasteiger partial charge in [-0.2, -0.15) is 0 Å². The Balaban J connectivity index is 1.99. The topological polar surface area (TPSA) is 48.0 Å². The van der Waals surface area contributed by atoms with Crippen LogP contribution in [0.3, 0.4) is 0 Å². The smallest absolute Gasteiger partial charge is 0.234 e. The van der Waals surface area contributed by atoms with E-state index < -0.39 is 0 Å². The number of benzene rings is 2. The lowest BCUT2D eigenvalue weighted by Crippen LogP contribution is -2.29. The van der Waals surface area contributed by atoms with Crippen LogP contribution < -0.4 is 19.1 Å². The average molecular weight is 341 g/mol. The number of carbonyl (C=O) groups is 1. The molecule has 1 aliphatic rings. The van der Waals surface area contributed by atoms with Crippen LogP contribution in [0.25, 0.3) is 0 Å². The minimum atomic E-state index is -0.195. The molecular formula is C20H23NO4. The van der Waals surface area contributed by atoms with Crippen molar-refractivity contribution >= 4 is 11.6 Å². The zero-order chi connectivity index (χ0) is 18.0. The number of nitrogens with zero attached hydrogens (tertiary/aromatic N) is 1. The molecule has 5 heteroatoms. The Kier molecular flexibility index (Phi) is 4.83. The number of para-hydroxylation sites is 1. The highest BCUT2D eigenvalue weighted by atomic mass is 16.5. The Morgan fingerprint density at radius 3 is 2.20 bits per heavy atom. The van der Waals surface area contributed by atoms with Gasteiger partial charge in [0.15, 0.2) is 11.5 Å². The molecule has 1 atom stereocenters. The highest BCUT2D eigenvalue weighted by molar-refractivity contribution is 6.05. The zero-order valence-electron chi connectivity index (χ0n) is 15.0. The quantitative estimate of drug-likeness (QED) is 0.808. The molecule has 0 aromatic heterocycles. The second-order valence-corrected chi connectivity index (χ2v) is 5.93. The van der Waals surface area contributed by atoms with Crippen molar-refractivity contribution in [1.29, 1.82) is 0 Å². The van der Waals surface area contributed by atoms with Crippen molar-refractivity contribution in [3.05, 3.63) is 47.5 Å². The zero-order valence-corrected chi connectivity index (χ0v) is 15.0. The Morgan fingerprint density at radius 1 is 1.00 bits per heavy atom. The van der Waals surface area contributed by atoms with Crippen LogP contribution in [0.4, 0.5) is 5.69 Å². The fourth-order valence-corrected chi connectivity index (χ4v) is 3.48. The molecular weight excluding hydrogens is 318 g/mol. The van der Waals surface area contributed by atoms with Crippen molar-refractivity contribution in [3.63, 3.8) is 0 Å². The van der Waals surface area contributed by atoms with Gasteiger partial charge in [-0.15, -0.1) is 0 Å². The van der Waals surface area contributed by atoms with Gasteiger partial charge in [0.05, 0.1) is 27.2 Å². The summed E-state index contributed by atoms with van der Waals surface area (Å²) >= 11 is 0. The first-order chi connectivity index (χ1) is 12.1. The van der Waals surface area contributed by atoms with Gasteiger partial charge in [0.25, 0.3) is 0 Å². The SMILES string of the molecule is CCN1C(=O)C(Cc2cc(OC)c(OC)c(OC)c2)c2ccccc21. The highest BCUT2D eigenvalue weighted by Gasteiger charge is 2.36. The van der Waals surface area contributed by atoms with E-state index in [0.717, 1.165) is 16.8 Å². The van der Waals surface area contributed by atoms with Crippen LogP contribution in [-0.4, -0.2) is 33.8 Å². The van der Waals surface area contributed by atoms with Gasteiger partial charge in [-0.25, -0.2) is 0 Å². The summed E-state index contributed by atoms with van der Waals surface area (Å²) in [4.78, 5) is 14.7. The van der Waals surface area contributed by atoms with Gasteiger partial charge >= 0.3 is 0 Å².